The van der Waals surface area contributed by atoms with Gasteiger partial charge in [0.05, 0.1) is 0 Å². The zero-order valence-corrected chi connectivity index (χ0v) is 14.3. The Bertz CT molecular complexity index is 861. The summed E-state index contributed by atoms with van der Waals surface area (Å²) in [5.41, 5.74) is 7.94. The van der Waals surface area contributed by atoms with Gasteiger partial charge >= 0.3 is 0 Å². The first kappa shape index (κ1) is 15.0. The summed E-state index contributed by atoms with van der Waals surface area (Å²) in [4.78, 5) is 0. The van der Waals surface area contributed by atoms with Crippen molar-refractivity contribution in [3.05, 3.63) is 89.0 Å². The van der Waals surface area contributed by atoms with Crippen molar-refractivity contribution in [2.45, 2.75) is 32.8 Å². The molecule has 0 fully saturated rings. The van der Waals surface area contributed by atoms with Crippen LogP contribution in [0.25, 0.3) is 11.1 Å². The Hall–Kier alpha value is -2.54. The minimum atomic E-state index is 0.230. The first-order chi connectivity index (χ1) is 11.7. The molecule has 4 rings (SSSR count). The molecular formula is C23H22O. The van der Waals surface area contributed by atoms with E-state index in [1.165, 1.54) is 33.4 Å². The van der Waals surface area contributed by atoms with Gasteiger partial charge in [-0.25, -0.2) is 0 Å². The summed E-state index contributed by atoms with van der Waals surface area (Å²) in [6, 6.07) is 23.8. The van der Waals surface area contributed by atoms with Gasteiger partial charge in [0.1, 0.15) is 11.9 Å². The fourth-order valence-corrected chi connectivity index (χ4v) is 3.56. The van der Waals surface area contributed by atoms with Crippen LogP contribution >= 0.6 is 0 Å². The summed E-state index contributed by atoms with van der Waals surface area (Å²) in [5.74, 6) is 1.05. The molecule has 0 spiro atoms. The first-order valence-electron chi connectivity index (χ1n) is 8.61. The molecule has 24 heavy (non-hydrogen) atoms. The fraction of sp³-hybridized carbons (Fsp3) is 0.217. The predicted octanol–water partition coefficient (Wildman–Crippen LogP) is 5.52. The lowest BCUT2D eigenvalue weighted by atomic mass is 9.93. The highest BCUT2D eigenvalue weighted by atomic mass is 16.5. The molecule has 0 N–H and O–H groups in total. The van der Waals surface area contributed by atoms with Gasteiger partial charge in [0.25, 0.3) is 0 Å². The highest BCUT2D eigenvalue weighted by molar-refractivity contribution is 5.73. The Kier molecular flexibility index (Phi) is 3.86. The number of ether oxygens (including phenoxy) is 1. The Morgan fingerprint density at radius 1 is 0.833 bits per heavy atom. The van der Waals surface area contributed by atoms with Crippen LogP contribution in [0.2, 0.25) is 0 Å². The van der Waals surface area contributed by atoms with Crippen molar-refractivity contribution in [2.75, 3.05) is 0 Å². The second-order valence-electron chi connectivity index (χ2n) is 6.73. The fourth-order valence-electron chi connectivity index (χ4n) is 3.56. The number of hydrogen-bond donors (Lipinski definition) is 0. The van der Waals surface area contributed by atoms with Crippen LogP contribution in [0.15, 0.2) is 66.7 Å². The Labute approximate surface area is 143 Å². The average molecular weight is 314 g/mol. The highest BCUT2D eigenvalue weighted by Crippen LogP contribution is 2.38. The van der Waals surface area contributed by atoms with Crippen molar-refractivity contribution in [3.63, 3.8) is 0 Å². The minimum Gasteiger partial charge on any atom is -0.489 e. The van der Waals surface area contributed by atoms with E-state index in [-0.39, 0.29) is 6.10 Å². The van der Waals surface area contributed by atoms with E-state index in [9.17, 15) is 0 Å². The SMILES string of the molecule is Cc1ccc(CC2Cc3c(cccc3-c3ccccc3C)O2)cc1. The molecule has 3 aromatic carbocycles. The second-order valence-corrected chi connectivity index (χ2v) is 6.73. The van der Waals surface area contributed by atoms with Crippen molar-refractivity contribution < 1.29 is 4.74 Å². The Morgan fingerprint density at radius 3 is 2.38 bits per heavy atom. The average Bonchev–Trinajstić information content (AvgIpc) is 3.00. The van der Waals surface area contributed by atoms with E-state index in [1.807, 2.05) is 0 Å². The number of benzene rings is 3. The largest absolute Gasteiger partial charge is 0.489 e. The summed E-state index contributed by atoms with van der Waals surface area (Å²) in [5, 5.41) is 0. The lowest BCUT2D eigenvalue weighted by Crippen LogP contribution is -2.16. The van der Waals surface area contributed by atoms with E-state index in [0.717, 1.165) is 18.6 Å². The van der Waals surface area contributed by atoms with Crippen LogP contribution in [0.3, 0.4) is 0 Å². The van der Waals surface area contributed by atoms with Crippen molar-refractivity contribution in [1.82, 2.24) is 0 Å². The van der Waals surface area contributed by atoms with Gasteiger partial charge in [0.15, 0.2) is 0 Å². The normalized spacial score (nSPS) is 15.8. The lowest BCUT2D eigenvalue weighted by Gasteiger charge is -2.10. The second kappa shape index (κ2) is 6.16. The van der Waals surface area contributed by atoms with Crippen LogP contribution in [-0.2, 0) is 12.8 Å². The molecule has 1 nitrogen and oxygen atoms in total. The molecule has 1 unspecified atom stereocenters. The third-order valence-electron chi connectivity index (χ3n) is 4.88. The van der Waals surface area contributed by atoms with Gasteiger partial charge in [-0.15, -0.1) is 0 Å². The molecule has 3 aromatic rings. The number of aryl methyl sites for hydroxylation is 2. The maximum atomic E-state index is 6.24. The third-order valence-corrected chi connectivity index (χ3v) is 4.88. The molecule has 1 aliphatic heterocycles. The van der Waals surface area contributed by atoms with Crippen molar-refractivity contribution >= 4 is 0 Å². The van der Waals surface area contributed by atoms with E-state index >= 15 is 0 Å². The highest BCUT2D eigenvalue weighted by Gasteiger charge is 2.26. The van der Waals surface area contributed by atoms with Crippen LogP contribution < -0.4 is 4.74 Å². The topological polar surface area (TPSA) is 9.23 Å². The number of hydrogen-bond acceptors (Lipinski definition) is 1. The van der Waals surface area contributed by atoms with Crippen molar-refractivity contribution in [2.24, 2.45) is 0 Å². The molecular weight excluding hydrogens is 292 g/mol. The number of fused-ring (bicyclic) bond motifs is 1. The third kappa shape index (κ3) is 2.82. The van der Waals surface area contributed by atoms with Gasteiger partial charge in [0, 0.05) is 18.4 Å². The molecule has 0 saturated carbocycles. The van der Waals surface area contributed by atoms with Crippen molar-refractivity contribution in [1.29, 1.82) is 0 Å². The van der Waals surface area contributed by atoms with Gasteiger partial charge < -0.3 is 4.74 Å². The van der Waals surface area contributed by atoms with Gasteiger partial charge in [-0.05, 0) is 42.2 Å². The molecule has 0 aliphatic carbocycles. The summed E-state index contributed by atoms with van der Waals surface area (Å²) >= 11 is 0. The summed E-state index contributed by atoms with van der Waals surface area (Å²) in [6.07, 6.45) is 2.17. The maximum absolute atomic E-state index is 6.24. The van der Waals surface area contributed by atoms with Crippen LogP contribution in [0.5, 0.6) is 5.75 Å². The lowest BCUT2D eigenvalue weighted by molar-refractivity contribution is 0.233. The summed E-state index contributed by atoms with van der Waals surface area (Å²) < 4.78 is 6.24. The predicted molar refractivity (Wildman–Crippen MR) is 99.6 cm³/mol. The van der Waals surface area contributed by atoms with Crippen LogP contribution in [0.1, 0.15) is 22.3 Å². The minimum absolute atomic E-state index is 0.230. The monoisotopic (exact) mass is 314 g/mol. The first-order valence-corrected chi connectivity index (χ1v) is 8.61. The van der Waals surface area contributed by atoms with Gasteiger partial charge in [-0.2, -0.15) is 0 Å². The Balaban J connectivity index is 1.62. The molecule has 1 heteroatoms. The van der Waals surface area contributed by atoms with Crippen molar-refractivity contribution in [3.8, 4) is 16.9 Å². The smallest absolute Gasteiger partial charge is 0.123 e. The van der Waals surface area contributed by atoms with Crippen LogP contribution in [0.4, 0.5) is 0 Å². The zero-order chi connectivity index (χ0) is 16.5. The van der Waals surface area contributed by atoms with Gasteiger partial charge in [-0.3, -0.25) is 0 Å². The molecule has 0 aromatic heterocycles. The quantitative estimate of drug-likeness (QED) is 0.619. The standard InChI is InChI=1S/C23H22O/c1-16-10-12-18(13-11-16)14-19-15-22-21(8-5-9-23(22)24-19)20-7-4-3-6-17(20)2/h3-13,19H,14-15H2,1-2H3. The van der Waals surface area contributed by atoms with E-state index in [1.54, 1.807) is 0 Å². The Morgan fingerprint density at radius 2 is 1.58 bits per heavy atom. The maximum Gasteiger partial charge on any atom is 0.123 e. The molecule has 0 saturated heterocycles. The summed E-state index contributed by atoms with van der Waals surface area (Å²) in [7, 11) is 0. The zero-order valence-electron chi connectivity index (χ0n) is 14.3. The molecule has 1 atom stereocenters. The van der Waals surface area contributed by atoms with E-state index in [2.05, 4.69) is 80.6 Å². The molecule has 1 aliphatic rings. The molecule has 0 amide bonds. The number of rotatable bonds is 3. The van der Waals surface area contributed by atoms with Crippen LogP contribution in [0, 0.1) is 13.8 Å². The van der Waals surface area contributed by atoms with Crippen LogP contribution in [-0.4, -0.2) is 6.10 Å². The van der Waals surface area contributed by atoms with E-state index in [0.29, 0.717) is 0 Å². The van der Waals surface area contributed by atoms with Gasteiger partial charge in [0.2, 0.25) is 0 Å². The molecule has 1 heterocycles. The van der Waals surface area contributed by atoms with E-state index < -0.39 is 0 Å². The van der Waals surface area contributed by atoms with E-state index in [4.69, 9.17) is 4.74 Å². The molecule has 120 valence electrons. The molecule has 0 bridgehead atoms. The molecule has 0 radical (unpaired) electrons. The van der Waals surface area contributed by atoms with Gasteiger partial charge in [-0.1, -0.05) is 66.2 Å². The summed E-state index contributed by atoms with van der Waals surface area (Å²) in [6.45, 7) is 4.30.